The molecule has 0 radical (unpaired) electrons. The Kier molecular flexibility index (Phi) is 6.48. The van der Waals surface area contributed by atoms with Crippen LogP contribution in [0.2, 0.25) is 0 Å². The van der Waals surface area contributed by atoms with Crippen LogP contribution in [0.25, 0.3) is 0 Å². The average Bonchev–Trinajstić information content (AvgIpc) is 2.31. The summed E-state index contributed by atoms with van der Waals surface area (Å²) < 4.78 is 32.1. The summed E-state index contributed by atoms with van der Waals surface area (Å²) in [6, 6.07) is 2.58. The van der Waals surface area contributed by atoms with Gasteiger partial charge < -0.3 is 4.74 Å². The molecule has 0 fully saturated rings. The lowest BCUT2D eigenvalue weighted by Crippen LogP contribution is -2.02. The minimum absolute atomic E-state index is 0.258. The molecule has 1 aromatic carbocycles. The predicted molar refractivity (Wildman–Crippen MR) is 68.6 cm³/mol. The van der Waals surface area contributed by atoms with E-state index in [9.17, 15) is 8.78 Å². The number of unbranched alkanes of at least 4 members (excludes halogenated alkanes) is 3. The van der Waals surface area contributed by atoms with Crippen LogP contribution in [0.3, 0.4) is 0 Å². The highest BCUT2D eigenvalue weighted by molar-refractivity contribution is 9.08. The van der Waals surface area contributed by atoms with E-state index in [1.54, 1.807) is 0 Å². The van der Waals surface area contributed by atoms with Crippen molar-refractivity contribution in [3.8, 4) is 5.75 Å². The third-order valence-electron chi connectivity index (χ3n) is 2.46. The molecule has 1 aromatic rings. The zero-order valence-corrected chi connectivity index (χ0v) is 11.5. The molecule has 0 aromatic heterocycles. The molecule has 0 saturated heterocycles. The lowest BCUT2D eigenvalue weighted by atomic mass is 10.2. The van der Waals surface area contributed by atoms with Gasteiger partial charge in [-0.3, -0.25) is 0 Å². The SMILES string of the molecule is CCCCCCOc1c(F)cc(CBr)cc1F. The maximum Gasteiger partial charge on any atom is 0.190 e. The number of hydrogen-bond acceptors (Lipinski definition) is 1. The van der Waals surface area contributed by atoms with Crippen molar-refractivity contribution in [1.82, 2.24) is 0 Å². The fraction of sp³-hybridized carbons (Fsp3) is 0.538. The van der Waals surface area contributed by atoms with Crippen LogP contribution in [0.4, 0.5) is 8.78 Å². The molecule has 0 saturated carbocycles. The summed E-state index contributed by atoms with van der Waals surface area (Å²) in [5.74, 6) is -1.52. The van der Waals surface area contributed by atoms with Crippen LogP contribution < -0.4 is 4.74 Å². The molecular formula is C13H17BrF2O. The topological polar surface area (TPSA) is 9.23 Å². The van der Waals surface area contributed by atoms with Crippen LogP contribution >= 0.6 is 15.9 Å². The van der Waals surface area contributed by atoms with E-state index in [0.29, 0.717) is 17.5 Å². The van der Waals surface area contributed by atoms with Crippen LogP contribution in [-0.2, 0) is 5.33 Å². The van der Waals surface area contributed by atoms with Gasteiger partial charge in [0.15, 0.2) is 17.4 Å². The summed E-state index contributed by atoms with van der Waals surface area (Å²) in [4.78, 5) is 0. The molecule has 0 atom stereocenters. The highest BCUT2D eigenvalue weighted by Crippen LogP contribution is 2.24. The third kappa shape index (κ3) is 4.62. The summed E-state index contributed by atoms with van der Waals surface area (Å²) in [5.41, 5.74) is 0.568. The number of benzene rings is 1. The highest BCUT2D eigenvalue weighted by atomic mass is 79.9. The van der Waals surface area contributed by atoms with Gasteiger partial charge in [-0.2, -0.15) is 0 Å². The summed E-state index contributed by atoms with van der Waals surface area (Å²) in [7, 11) is 0. The van der Waals surface area contributed by atoms with Crippen LogP contribution in [-0.4, -0.2) is 6.61 Å². The summed E-state index contributed by atoms with van der Waals surface area (Å²) >= 11 is 3.16. The molecule has 4 heteroatoms. The summed E-state index contributed by atoms with van der Waals surface area (Å²) in [6.45, 7) is 2.47. The Morgan fingerprint density at radius 2 is 1.76 bits per heavy atom. The monoisotopic (exact) mass is 306 g/mol. The van der Waals surface area contributed by atoms with Gasteiger partial charge in [0, 0.05) is 5.33 Å². The molecule has 96 valence electrons. The van der Waals surface area contributed by atoms with Gasteiger partial charge >= 0.3 is 0 Å². The Hall–Kier alpha value is -0.640. The summed E-state index contributed by atoms with van der Waals surface area (Å²) in [6.07, 6.45) is 4.10. The fourth-order valence-electron chi connectivity index (χ4n) is 1.53. The summed E-state index contributed by atoms with van der Waals surface area (Å²) in [5, 5.41) is 0.428. The zero-order chi connectivity index (χ0) is 12.7. The molecule has 0 spiro atoms. The Morgan fingerprint density at radius 1 is 1.12 bits per heavy atom. The van der Waals surface area contributed by atoms with Gasteiger partial charge in [0.1, 0.15) is 0 Å². The van der Waals surface area contributed by atoms with Crippen molar-refractivity contribution in [2.45, 2.75) is 37.9 Å². The molecule has 0 amide bonds. The van der Waals surface area contributed by atoms with Gasteiger partial charge in [0.2, 0.25) is 0 Å². The molecule has 0 aliphatic carbocycles. The Labute approximate surface area is 109 Å². The van der Waals surface area contributed by atoms with E-state index < -0.39 is 11.6 Å². The smallest absolute Gasteiger partial charge is 0.190 e. The van der Waals surface area contributed by atoms with Crippen molar-refractivity contribution in [1.29, 1.82) is 0 Å². The first kappa shape index (κ1) is 14.4. The van der Waals surface area contributed by atoms with Crippen molar-refractivity contribution < 1.29 is 13.5 Å². The highest BCUT2D eigenvalue weighted by Gasteiger charge is 2.11. The van der Waals surface area contributed by atoms with E-state index in [-0.39, 0.29) is 5.75 Å². The molecule has 1 nitrogen and oxygen atoms in total. The molecule has 0 N–H and O–H groups in total. The van der Waals surface area contributed by atoms with E-state index >= 15 is 0 Å². The van der Waals surface area contributed by atoms with E-state index in [1.165, 1.54) is 12.1 Å². The number of ether oxygens (including phenoxy) is 1. The Bertz CT molecular complexity index is 332. The second-order valence-corrected chi connectivity index (χ2v) is 4.49. The first-order chi connectivity index (χ1) is 8.19. The molecule has 1 rings (SSSR count). The molecule has 0 unspecified atom stereocenters. The molecule has 0 aliphatic heterocycles. The standard InChI is InChI=1S/C13H17BrF2O/c1-2-3-4-5-6-17-13-11(15)7-10(9-14)8-12(13)16/h7-8H,2-6,9H2,1H3. The van der Waals surface area contributed by atoms with E-state index in [4.69, 9.17) is 4.74 Å². The van der Waals surface area contributed by atoms with Gasteiger partial charge in [0.05, 0.1) is 6.61 Å². The maximum absolute atomic E-state index is 13.5. The van der Waals surface area contributed by atoms with Crippen LogP contribution in [0.1, 0.15) is 38.2 Å². The third-order valence-corrected chi connectivity index (χ3v) is 3.10. The number of rotatable bonds is 7. The molecular weight excluding hydrogens is 290 g/mol. The molecule has 0 heterocycles. The van der Waals surface area contributed by atoms with Crippen LogP contribution in [0, 0.1) is 11.6 Å². The van der Waals surface area contributed by atoms with Gasteiger partial charge in [-0.1, -0.05) is 42.1 Å². The first-order valence-corrected chi connectivity index (χ1v) is 6.97. The predicted octanol–water partition coefficient (Wildman–Crippen LogP) is 4.82. The van der Waals surface area contributed by atoms with E-state index in [2.05, 4.69) is 22.9 Å². The number of hydrogen-bond donors (Lipinski definition) is 0. The van der Waals surface area contributed by atoms with Gasteiger partial charge in [-0.15, -0.1) is 0 Å². The second kappa shape index (κ2) is 7.64. The fourth-order valence-corrected chi connectivity index (χ4v) is 1.85. The first-order valence-electron chi connectivity index (χ1n) is 5.85. The molecule has 0 aliphatic rings. The second-order valence-electron chi connectivity index (χ2n) is 3.93. The van der Waals surface area contributed by atoms with Gasteiger partial charge in [0.25, 0.3) is 0 Å². The van der Waals surface area contributed by atoms with Gasteiger partial charge in [-0.25, -0.2) is 8.78 Å². The van der Waals surface area contributed by atoms with Crippen LogP contribution in [0.15, 0.2) is 12.1 Å². The van der Waals surface area contributed by atoms with Gasteiger partial charge in [-0.05, 0) is 24.1 Å². The lowest BCUT2D eigenvalue weighted by molar-refractivity contribution is 0.275. The van der Waals surface area contributed by atoms with Crippen molar-refractivity contribution in [2.75, 3.05) is 6.61 Å². The molecule has 17 heavy (non-hydrogen) atoms. The van der Waals surface area contributed by atoms with Crippen LogP contribution in [0.5, 0.6) is 5.75 Å². The maximum atomic E-state index is 13.5. The quantitative estimate of drug-likeness (QED) is 0.518. The van der Waals surface area contributed by atoms with Crippen molar-refractivity contribution in [3.05, 3.63) is 29.3 Å². The molecule has 0 bridgehead atoms. The Morgan fingerprint density at radius 3 is 2.29 bits per heavy atom. The lowest BCUT2D eigenvalue weighted by Gasteiger charge is -2.09. The van der Waals surface area contributed by atoms with Crippen molar-refractivity contribution in [3.63, 3.8) is 0 Å². The Balaban J connectivity index is 2.53. The minimum Gasteiger partial charge on any atom is -0.488 e. The normalized spacial score (nSPS) is 10.6. The van der Waals surface area contributed by atoms with E-state index in [0.717, 1.165) is 25.7 Å². The zero-order valence-electron chi connectivity index (χ0n) is 9.94. The van der Waals surface area contributed by atoms with Crippen molar-refractivity contribution in [2.24, 2.45) is 0 Å². The minimum atomic E-state index is -0.630. The average molecular weight is 307 g/mol. The number of halogens is 3. The van der Waals surface area contributed by atoms with E-state index in [1.807, 2.05) is 0 Å². The largest absolute Gasteiger partial charge is 0.488 e. The van der Waals surface area contributed by atoms with Crippen molar-refractivity contribution >= 4 is 15.9 Å². The number of alkyl halides is 1.